The Labute approximate surface area is 422 Å². The molecule has 8 saturated carbocycles. The Morgan fingerprint density at radius 3 is 1.44 bits per heavy atom. The number of carbonyl (C=O) groups is 2. The van der Waals surface area contributed by atoms with Crippen molar-refractivity contribution >= 4 is 11.8 Å². The highest BCUT2D eigenvalue weighted by Gasteiger charge is 2.71. The molecule has 1 aromatic carbocycles. The van der Waals surface area contributed by atoms with E-state index in [4.69, 9.17) is 24.7 Å². The molecule has 13 aliphatic rings. The van der Waals surface area contributed by atoms with Crippen molar-refractivity contribution in [2.24, 2.45) is 110 Å². The Bertz CT molecular complexity index is 2180. The van der Waals surface area contributed by atoms with Crippen molar-refractivity contribution in [3.8, 4) is 0 Å². The minimum atomic E-state index is -0.335. The van der Waals surface area contributed by atoms with E-state index >= 15 is 0 Å². The predicted molar refractivity (Wildman–Crippen MR) is 272 cm³/mol. The van der Waals surface area contributed by atoms with Crippen LogP contribution in [0.15, 0.2) is 24.3 Å². The van der Waals surface area contributed by atoms with E-state index in [1.165, 1.54) is 96.3 Å². The maximum Gasteiger partial charge on any atom is 0.261 e. The maximum atomic E-state index is 13.3. The highest BCUT2D eigenvalue weighted by Crippen LogP contribution is 2.73. The van der Waals surface area contributed by atoms with Gasteiger partial charge in [-0.15, -0.1) is 0 Å². The van der Waals surface area contributed by atoms with Crippen molar-refractivity contribution in [1.82, 2.24) is 4.90 Å². The van der Waals surface area contributed by atoms with Gasteiger partial charge in [-0.2, -0.15) is 0 Å². The number of rotatable bonds is 1. The zero-order valence-corrected chi connectivity index (χ0v) is 44.7. The van der Waals surface area contributed by atoms with Crippen LogP contribution in [0.4, 0.5) is 0 Å². The van der Waals surface area contributed by atoms with Crippen LogP contribution in [0, 0.1) is 105 Å². The van der Waals surface area contributed by atoms with Gasteiger partial charge < -0.3 is 24.7 Å². The highest BCUT2D eigenvalue weighted by molar-refractivity contribution is 6.21. The summed E-state index contributed by atoms with van der Waals surface area (Å²) in [5, 5.41) is 0. The molecule has 5 heterocycles. The Balaban J connectivity index is 0.000000143. The van der Waals surface area contributed by atoms with Gasteiger partial charge in [0.15, 0.2) is 11.6 Å². The van der Waals surface area contributed by atoms with E-state index in [1.807, 2.05) is 24.3 Å². The third-order valence-corrected chi connectivity index (χ3v) is 26.1. The number of nitrogens with zero attached hydrogens (tertiary/aromatic N) is 1. The highest BCUT2D eigenvalue weighted by atomic mass is 16.7. The second-order valence-corrected chi connectivity index (χ2v) is 28.8. The lowest BCUT2D eigenvalue weighted by atomic mass is 9.44. The molecule has 386 valence electrons. The second kappa shape index (κ2) is 16.6. The molecule has 0 unspecified atom stereocenters. The summed E-state index contributed by atoms with van der Waals surface area (Å²) >= 11 is 0. The SMILES string of the molecule is C[C@H]1CC[C@@]2(OC1)O[C@H]1C[C@H]3[C@@H]4CC[C@@H]5C[C@H](N)CC[C@]5(C)[C@H]4CC[C@]3(C)[C@H]1[C@@H]2C.C[C@H]1CC[C@@]2(OC1)O[C@H]1C[C@H]3[C@@H]4CC[C@@H]5C[C@H](N6C(=O)c7ccccc7C6=O)CC[C@]5(C)[C@H]4CC[C@]3(C)[C@H]1[C@@H]2C. The summed E-state index contributed by atoms with van der Waals surface area (Å²) in [5.41, 5.74) is 9.25. The first-order chi connectivity index (χ1) is 33.4. The molecule has 8 aliphatic carbocycles. The molecule has 8 heteroatoms. The van der Waals surface area contributed by atoms with Crippen molar-refractivity contribution in [2.75, 3.05) is 13.2 Å². The average molecular weight is 961 g/mol. The standard InChI is InChI=1S/C35H47NO4.C27H45NO2/c1-20-11-16-35(39-19-20)21(2)30-29(40-35)18-28-26-10-9-22-17-23(12-14-33(22,3)27(26)13-15-34(28,30)4)36-31(37)24-7-5-6-8-25(24)32(36)38;1-16-7-12-27(29-15-16)17(2)24-23(30-27)14-22-20-6-5-18-13-19(28)8-10-25(18,3)21(20)9-11-26(22,24)4/h5-8,20-23,26-30H,9-19H2,1-4H3;16-24H,5-15,28H2,1-4H3/t20-,21-,22+,23+,26+,27-,28-,29-,30-,33-,34-,35+;16-,17-,18+,19+,20+,21-,22-,23-,24-,25-,26-,27+/m00/s1. The summed E-state index contributed by atoms with van der Waals surface area (Å²) in [5.74, 6) is 9.36. The van der Waals surface area contributed by atoms with Gasteiger partial charge >= 0.3 is 0 Å². The number of fused-ring (bicyclic) bond motifs is 15. The fraction of sp³-hybridized carbons (Fsp3) is 0.871. The van der Waals surface area contributed by atoms with Crippen LogP contribution in [0.5, 0.6) is 0 Å². The lowest BCUT2D eigenvalue weighted by Gasteiger charge is -2.61. The molecule has 24 atom stereocenters. The molecule has 4 saturated heterocycles. The second-order valence-electron chi connectivity index (χ2n) is 28.8. The lowest BCUT2D eigenvalue weighted by Crippen LogP contribution is -2.56. The Morgan fingerprint density at radius 1 is 0.514 bits per heavy atom. The summed E-state index contributed by atoms with van der Waals surface area (Å²) in [6.07, 6.45) is 25.8. The molecule has 70 heavy (non-hydrogen) atoms. The number of amides is 2. The van der Waals surface area contributed by atoms with Crippen LogP contribution in [0.3, 0.4) is 0 Å². The number of hydrogen-bond acceptors (Lipinski definition) is 7. The van der Waals surface area contributed by atoms with E-state index in [-0.39, 0.29) is 29.4 Å². The minimum absolute atomic E-state index is 0.0466. The molecule has 1 aromatic rings. The molecule has 5 aliphatic heterocycles. The van der Waals surface area contributed by atoms with Gasteiger partial charge in [0, 0.05) is 36.8 Å². The normalized spacial score (nSPS) is 56.1. The van der Waals surface area contributed by atoms with Gasteiger partial charge in [0.25, 0.3) is 11.8 Å². The van der Waals surface area contributed by atoms with Gasteiger partial charge in [-0.3, -0.25) is 14.5 Å². The van der Waals surface area contributed by atoms with Crippen LogP contribution < -0.4 is 5.73 Å². The van der Waals surface area contributed by atoms with Crippen molar-refractivity contribution in [3.63, 3.8) is 0 Å². The molecule has 0 aromatic heterocycles. The molecule has 8 nitrogen and oxygen atoms in total. The number of imide groups is 1. The van der Waals surface area contributed by atoms with E-state index in [1.54, 1.807) is 4.90 Å². The van der Waals surface area contributed by atoms with Crippen molar-refractivity contribution < 1.29 is 28.5 Å². The summed E-state index contributed by atoms with van der Waals surface area (Å²) in [7, 11) is 0. The van der Waals surface area contributed by atoms with E-state index in [0.717, 1.165) is 86.7 Å². The summed E-state index contributed by atoms with van der Waals surface area (Å²) < 4.78 is 26.9. The fourth-order valence-electron chi connectivity index (χ4n) is 22.3. The van der Waals surface area contributed by atoms with Gasteiger partial charge in [-0.05, 0) is 220 Å². The van der Waals surface area contributed by atoms with E-state index in [9.17, 15) is 9.59 Å². The number of benzene rings is 1. The molecule has 2 spiro atoms. The average Bonchev–Trinajstić information content (AvgIpc) is 4.06. The van der Waals surface area contributed by atoms with Crippen molar-refractivity contribution in [3.05, 3.63) is 35.4 Å². The van der Waals surface area contributed by atoms with Crippen molar-refractivity contribution in [2.45, 2.75) is 220 Å². The molecule has 2 amide bonds. The molecule has 2 N–H and O–H groups in total. The zero-order valence-electron chi connectivity index (χ0n) is 44.7. The number of hydrogen-bond donors (Lipinski definition) is 1. The summed E-state index contributed by atoms with van der Waals surface area (Å²) in [6.45, 7) is 21.8. The first-order valence-corrected chi connectivity index (χ1v) is 29.8. The Hall–Kier alpha value is -1.84. The van der Waals surface area contributed by atoms with Crippen LogP contribution in [-0.2, 0) is 18.9 Å². The van der Waals surface area contributed by atoms with Gasteiger partial charge in [-0.25, -0.2) is 0 Å². The quantitative estimate of drug-likeness (QED) is 0.280. The van der Waals surface area contributed by atoms with E-state index < -0.39 is 0 Å². The van der Waals surface area contributed by atoms with E-state index in [2.05, 4.69) is 55.4 Å². The van der Waals surface area contributed by atoms with Crippen LogP contribution in [0.2, 0.25) is 0 Å². The molecule has 0 bridgehead atoms. The Kier molecular flexibility index (Phi) is 11.3. The third kappa shape index (κ3) is 6.67. The molecular formula is C62H92N2O6. The maximum absolute atomic E-state index is 13.3. The summed E-state index contributed by atoms with van der Waals surface area (Å²) in [4.78, 5) is 28.2. The number of carbonyl (C=O) groups excluding carboxylic acids is 2. The topological polar surface area (TPSA) is 100 Å². The molecule has 14 rings (SSSR count). The molecular weight excluding hydrogens is 869 g/mol. The molecule has 12 fully saturated rings. The monoisotopic (exact) mass is 961 g/mol. The van der Waals surface area contributed by atoms with Crippen LogP contribution >= 0.6 is 0 Å². The number of nitrogens with two attached hydrogens (primary N) is 1. The van der Waals surface area contributed by atoms with Crippen LogP contribution in [0.25, 0.3) is 0 Å². The largest absolute Gasteiger partial charge is 0.349 e. The zero-order chi connectivity index (χ0) is 48.5. The van der Waals surface area contributed by atoms with Gasteiger partial charge in [0.05, 0.1) is 36.5 Å². The van der Waals surface area contributed by atoms with E-state index in [0.29, 0.717) is 92.5 Å². The fourth-order valence-corrected chi connectivity index (χ4v) is 22.3. The number of ether oxygens (including phenoxy) is 4. The van der Waals surface area contributed by atoms with Gasteiger partial charge in [-0.1, -0.05) is 67.5 Å². The predicted octanol–water partition coefficient (Wildman–Crippen LogP) is 12.9. The lowest BCUT2D eigenvalue weighted by molar-refractivity contribution is -0.273. The van der Waals surface area contributed by atoms with Crippen molar-refractivity contribution in [1.29, 1.82) is 0 Å². The molecule has 0 radical (unpaired) electrons. The Morgan fingerprint density at radius 2 is 0.971 bits per heavy atom. The van der Waals surface area contributed by atoms with Gasteiger partial charge in [0.1, 0.15) is 0 Å². The van der Waals surface area contributed by atoms with Crippen LogP contribution in [-0.4, -0.2) is 65.8 Å². The summed E-state index contributed by atoms with van der Waals surface area (Å²) in [6, 6.07) is 7.88. The first-order valence-electron chi connectivity index (χ1n) is 29.8. The first kappa shape index (κ1) is 47.8. The smallest absolute Gasteiger partial charge is 0.261 e. The van der Waals surface area contributed by atoms with Crippen LogP contribution in [0.1, 0.15) is 205 Å². The third-order valence-electron chi connectivity index (χ3n) is 26.1. The minimum Gasteiger partial charge on any atom is -0.349 e. The van der Waals surface area contributed by atoms with Gasteiger partial charge in [0.2, 0.25) is 0 Å².